The zero-order chi connectivity index (χ0) is 13.2. The topological polar surface area (TPSA) is 50.1 Å². The molecule has 0 atom stereocenters. The molecule has 0 fully saturated rings. The van der Waals surface area contributed by atoms with Gasteiger partial charge < -0.3 is 15.1 Å². The van der Waals surface area contributed by atoms with E-state index in [4.69, 9.17) is 4.42 Å². The van der Waals surface area contributed by atoms with Gasteiger partial charge in [0, 0.05) is 25.6 Å². The number of aryl methyl sites for hydroxylation is 1. The molecule has 0 aliphatic rings. The van der Waals surface area contributed by atoms with Crippen molar-refractivity contribution in [3.63, 3.8) is 0 Å². The summed E-state index contributed by atoms with van der Waals surface area (Å²) in [5.41, 5.74) is 3.08. The van der Waals surface area contributed by atoms with E-state index in [1.807, 2.05) is 20.0 Å². The Morgan fingerprint density at radius 3 is 2.83 bits per heavy atom. The number of rotatable bonds is 5. The van der Waals surface area contributed by atoms with Crippen LogP contribution in [0.3, 0.4) is 0 Å². The average molecular weight is 247 g/mol. The van der Waals surface area contributed by atoms with Crippen molar-refractivity contribution < 1.29 is 4.42 Å². The molecule has 18 heavy (non-hydrogen) atoms. The van der Waals surface area contributed by atoms with Crippen LogP contribution in [-0.4, -0.2) is 24.1 Å². The zero-order valence-electron chi connectivity index (χ0n) is 11.5. The first-order chi connectivity index (χ1) is 8.50. The van der Waals surface area contributed by atoms with Crippen molar-refractivity contribution >= 4 is 11.1 Å². The van der Waals surface area contributed by atoms with Gasteiger partial charge in [-0.3, -0.25) is 0 Å². The maximum atomic E-state index is 5.47. The smallest absolute Gasteiger partial charge is 0.192 e. The molecular weight excluding hydrogens is 226 g/mol. The van der Waals surface area contributed by atoms with Gasteiger partial charge in [0.15, 0.2) is 11.5 Å². The van der Waals surface area contributed by atoms with Gasteiger partial charge in [0.25, 0.3) is 0 Å². The van der Waals surface area contributed by atoms with Crippen molar-refractivity contribution in [1.82, 2.24) is 15.6 Å². The molecule has 4 heteroatoms. The zero-order valence-corrected chi connectivity index (χ0v) is 11.5. The lowest BCUT2D eigenvalue weighted by Gasteiger charge is -2.26. The van der Waals surface area contributed by atoms with Crippen molar-refractivity contribution in [3.8, 4) is 0 Å². The lowest BCUT2D eigenvalue weighted by Crippen LogP contribution is -2.46. The fourth-order valence-corrected chi connectivity index (χ4v) is 2.04. The van der Waals surface area contributed by atoms with Crippen LogP contribution in [0.25, 0.3) is 11.1 Å². The molecule has 1 aromatic heterocycles. The molecule has 2 N–H and O–H groups in total. The van der Waals surface area contributed by atoms with E-state index < -0.39 is 0 Å². The molecule has 0 saturated heterocycles. The first kappa shape index (κ1) is 13.1. The van der Waals surface area contributed by atoms with Crippen molar-refractivity contribution in [1.29, 1.82) is 0 Å². The van der Waals surface area contributed by atoms with Gasteiger partial charge in [-0.15, -0.1) is 0 Å². The molecule has 0 saturated carbocycles. The van der Waals surface area contributed by atoms with Gasteiger partial charge >= 0.3 is 0 Å². The quantitative estimate of drug-likeness (QED) is 0.850. The number of benzene rings is 1. The van der Waals surface area contributed by atoms with Crippen LogP contribution in [0.4, 0.5) is 0 Å². The van der Waals surface area contributed by atoms with Gasteiger partial charge in [-0.2, -0.15) is 0 Å². The Morgan fingerprint density at radius 1 is 1.33 bits per heavy atom. The summed E-state index contributed by atoms with van der Waals surface area (Å²) in [6.45, 7) is 7.99. The molecule has 98 valence electrons. The largest absolute Gasteiger partial charge is 0.441 e. The van der Waals surface area contributed by atoms with Crippen LogP contribution in [0.2, 0.25) is 0 Å². The average Bonchev–Trinajstić information content (AvgIpc) is 2.65. The fourth-order valence-electron chi connectivity index (χ4n) is 2.04. The van der Waals surface area contributed by atoms with Gasteiger partial charge in [-0.05, 0) is 38.6 Å². The normalized spacial score (nSPS) is 12.2. The number of aromatic nitrogens is 1. The third-order valence-electron chi connectivity index (χ3n) is 2.95. The maximum Gasteiger partial charge on any atom is 0.192 e. The number of likely N-dealkylation sites (N-methyl/N-ethyl adjacent to an activating group) is 1. The lowest BCUT2D eigenvalue weighted by molar-refractivity contribution is 0.374. The highest BCUT2D eigenvalue weighted by atomic mass is 16.3. The molecule has 1 heterocycles. The van der Waals surface area contributed by atoms with Crippen molar-refractivity contribution in [2.45, 2.75) is 32.9 Å². The van der Waals surface area contributed by atoms with Crippen molar-refractivity contribution in [3.05, 3.63) is 29.7 Å². The first-order valence-electron chi connectivity index (χ1n) is 6.26. The molecular formula is C14H21N3O. The minimum Gasteiger partial charge on any atom is -0.441 e. The number of hydrogen-bond acceptors (Lipinski definition) is 4. The SMILES string of the molecule is CNCC(C)(C)NCc1ccc2oc(C)nc2c1. The Morgan fingerprint density at radius 2 is 2.11 bits per heavy atom. The van der Waals surface area contributed by atoms with Gasteiger partial charge in [-0.1, -0.05) is 6.07 Å². The third kappa shape index (κ3) is 3.09. The van der Waals surface area contributed by atoms with E-state index in [-0.39, 0.29) is 5.54 Å². The second-order valence-corrected chi connectivity index (χ2v) is 5.30. The molecule has 2 aromatic rings. The van der Waals surface area contributed by atoms with Crippen LogP contribution in [0, 0.1) is 6.92 Å². The van der Waals surface area contributed by atoms with Crippen molar-refractivity contribution in [2.24, 2.45) is 0 Å². The van der Waals surface area contributed by atoms with Crippen LogP contribution >= 0.6 is 0 Å². The molecule has 0 bridgehead atoms. The highest BCUT2D eigenvalue weighted by Crippen LogP contribution is 2.17. The van der Waals surface area contributed by atoms with E-state index in [2.05, 4.69) is 41.6 Å². The van der Waals surface area contributed by atoms with E-state index in [0.29, 0.717) is 5.89 Å². The fraction of sp³-hybridized carbons (Fsp3) is 0.500. The summed E-state index contributed by atoms with van der Waals surface area (Å²) in [6, 6.07) is 6.14. The second kappa shape index (κ2) is 5.08. The number of nitrogens with one attached hydrogen (secondary N) is 2. The predicted molar refractivity (Wildman–Crippen MR) is 73.6 cm³/mol. The number of fused-ring (bicyclic) bond motifs is 1. The minimum atomic E-state index is 0.0729. The summed E-state index contributed by atoms with van der Waals surface area (Å²) >= 11 is 0. The molecule has 0 radical (unpaired) electrons. The first-order valence-corrected chi connectivity index (χ1v) is 6.26. The Labute approximate surface area is 108 Å². The lowest BCUT2D eigenvalue weighted by atomic mass is 10.1. The molecule has 0 aliphatic carbocycles. The summed E-state index contributed by atoms with van der Waals surface area (Å²) in [6.07, 6.45) is 0. The van der Waals surface area contributed by atoms with Crippen molar-refractivity contribution in [2.75, 3.05) is 13.6 Å². The van der Waals surface area contributed by atoms with Gasteiger partial charge in [0.2, 0.25) is 0 Å². The molecule has 4 nitrogen and oxygen atoms in total. The Balaban J connectivity index is 2.07. The van der Waals surface area contributed by atoms with Gasteiger partial charge in [0.05, 0.1) is 0 Å². The van der Waals surface area contributed by atoms with Crippen LogP contribution in [0.15, 0.2) is 22.6 Å². The molecule has 2 rings (SSSR count). The standard InChI is InChI=1S/C14H21N3O/c1-10-17-12-7-11(5-6-13(12)18-10)8-16-14(2,3)9-15-4/h5-7,15-16H,8-9H2,1-4H3. The molecule has 1 aromatic carbocycles. The summed E-state index contributed by atoms with van der Waals surface area (Å²) in [7, 11) is 1.97. The van der Waals surface area contributed by atoms with E-state index in [9.17, 15) is 0 Å². The summed E-state index contributed by atoms with van der Waals surface area (Å²) < 4.78 is 5.47. The third-order valence-corrected chi connectivity index (χ3v) is 2.95. The maximum absolute atomic E-state index is 5.47. The van der Waals surface area contributed by atoms with E-state index in [0.717, 1.165) is 24.2 Å². The summed E-state index contributed by atoms with van der Waals surface area (Å²) in [5, 5.41) is 6.71. The van der Waals surface area contributed by atoms with Crippen LogP contribution in [-0.2, 0) is 6.54 Å². The Hall–Kier alpha value is -1.39. The number of nitrogens with zero attached hydrogens (tertiary/aromatic N) is 1. The summed E-state index contributed by atoms with van der Waals surface area (Å²) in [5.74, 6) is 0.714. The van der Waals surface area contributed by atoms with E-state index in [1.54, 1.807) is 0 Å². The molecule has 0 amide bonds. The Kier molecular flexibility index (Phi) is 3.68. The van der Waals surface area contributed by atoms with E-state index in [1.165, 1.54) is 5.56 Å². The van der Waals surface area contributed by atoms with Gasteiger partial charge in [-0.25, -0.2) is 4.98 Å². The van der Waals surface area contributed by atoms with Crippen LogP contribution < -0.4 is 10.6 Å². The summed E-state index contributed by atoms with van der Waals surface area (Å²) in [4.78, 5) is 4.35. The molecule has 0 aliphatic heterocycles. The van der Waals surface area contributed by atoms with E-state index >= 15 is 0 Å². The number of hydrogen-bond donors (Lipinski definition) is 2. The minimum absolute atomic E-state index is 0.0729. The highest BCUT2D eigenvalue weighted by molar-refractivity contribution is 5.73. The van der Waals surface area contributed by atoms with Gasteiger partial charge in [0.1, 0.15) is 5.52 Å². The monoisotopic (exact) mass is 247 g/mol. The highest BCUT2D eigenvalue weighted by Gasteiger charge is 2.15. The molecule has 0 unspecified atom stereocenters. The predicted octanol–water partition coefficient (Wildman–Crippen LogP) is 2.22. The Bertz CT molecular complexity index is 531. The molecule has 0 spiro atoms. The van der Waals surface area contributed by atoms with Crippen LogP contribution in [0.5, 0.6) is 0 Å². The van der Waals surface area contributed by atoms with Crippen LogP contribution in [0.1, 0.15) is 25.3 Å². The second-order valence-electron chi connectivity index (χ2n) is 5.30. The number of oxazole rings is 1.